The number of nitrogens with zero attached hydrogens (tertiary/aromatic N) is 5. The van der Waals surface area contributed by atoms with Crippen molar-refractivity contribution in [3.8, 4) is 23.0 Å². The van der Waals surface area contributed by atoms with Gasteiger partial charge in [0.05, 0.1) is 23.0 Å². The molecule has 7 rings (SSSR count). The summed E-state index contributed by atoms with van der Waals surface area (Å²) in [5, 5.41) is 33.7. The lowest BCUT2D eigenvalue weighted by molar-refractivity contribution is -0.192. The van der Waals surface area contributed by atoms with Gasteiger partial charge in [0, 0.05) is 37.0 Å². The molecule has 4 saturated heterocycles. The summed E-state index contributed by atoms with van der Waals surface area (Å²) >= 11 is 0. The fourth-order valence-electron chi connectivity index (χ4n) is 6.35. The monoisotopic (exact) mass is 672 g/mol. The molecule has 0 spiro atoms. The van der Waals surface area contributed by atoms with Gasteiger partial charge < -0.3 is 30.1 Å². The minimum absolute atomic E-state index is 0.0161. The van der Waals surface area contributed by atoms with Gasteiger partial charge >= 0.3 is 18.1 Å². The van der Waals surface area contributed by atoms with Crippen molar-refractivity contribution in [3.05, 3.63) is 59.9 Å². The molecule has 1 aromatic heterocycles. The second kappa shape index (κ2) is 14.6. The third-order valence-electron chi connectivity index (χ3n) is 9.20. The maximum Gasteiger partial charge on any atom is 0.490 e. The number of piperidine rings is 4. The van der Waals surface area contributed by atoms with Gasteiger partial charge in [-0.2, -0.15) is 18.4 Å². The molecule has 11 nitrogen and oxygen atoms in total. The first-order valence-electron chi connectivity index (χ1n) is 15.6. The number of carboxylic acids is 2. The van der Waals surface area contributed by atoms with Gasteiger partial charge in [-0.3, -0.25) is 0 Å². The number of aliphatic carboxylic acids is 2. The van der Waals surface area contributed by atoms with Crippen molar-refractivity contribution in [1.29, 1.82) is 5.26 Å². The molecule has 0 amide bonds. The standard InChI is InChI=1S/C31H35FN6O3.C2HF3O2/c32-27-17-22(1-2-23(27)19-33)28-18-29(34-21-31-9-14-36(15-10-31)16-11-31)35-38(28)25-5-3-24(4-6-25)37-12-7-26(8-13-37)41-20-30(39)40;3-2(4,5)1(6)7/h1-6,17-18,26H,7-16,20-21H2,(H,34,35)(H,39,40);(H,6,7). The second-order valence-electron chi connectivity index (χ2n) is 12.3. The van der Waals surface area contributed by atoms with Crippen LogP contribution in [0.3, 0.4) is 0 Å². The van der Waals surface area contributed by atoms with Crippen LogP contribution in [0.2, 0.25) is 0 Å². The highest BCUT2D eigenvalue weighted by Gasteiger charge is 2.39. The summed E-state index contributed by atoms with van der Waals surface area (Å²) < 4.78 is 53.7. The van der Waals surface area contributed by atoms with Crippen molar-refractivity contribution in [2.75, 3.05) is 56.1 Å². The van der Waals surface area contributed by atoms with Crippen LogP contribution in [-0.4, -0.2) is 95.0 Å². The van der Waals surface area contributed by atoms with Crippen LogP contribution in [-0.2, 0) is 14.3 Å². The van der Waals surface area contributed by atoms with E-state index in [4.69, 9.17) is 24.8 Å². The second-order valence-corrected chi connectivity index (χ2v) is 12.3. The Kier molecular flexibility index (Phi) is 10.5. The van der Waals surface area contributed by atoms with Gasteiger partial charge in [-0.05, 0) is 93.6 Å². The van der Waals surface area contributed by atoms with Gasteiger partial charge in [0.15, 0.2) is 0 Å². The predicted molar refractivity (Wildman–Crippen MR) is 167 cm³/mol. The van der Waals surface area contributed by atoms with Gasteiger partial charge in [-0.15, -0.1) is 5.10 Å². The number of nitrogens with one attached hydrogen (secondary N) is 1. The lowest BCUT2D eigenvalue weighted by atomic mass is 9.72. The first kappa shape index (κ1) is 34.6. The molecular formula is C33H36F4N6O5. The first-order chi connectivity index (χ1) is 22.9. The maximum atomic E-state index is 14.6. The minimum Gasteiger partial charge on any atom is -0.480 e. The number of carbonyl (C=O) groups is 2. The Morgan fingerprint density at radius 2 is 1.58 bits per heavy atom. The summed E-state index contributed by atoms with van der Waals surface area (Å²) in [6.45, 7) is 5.65. The molecule has 48 heavy (non-hydrogen) atoms. The maximum absolute atomic E-state index is 14.6. The van der Waals surface area contributed by atoms with Gasteiger partial charge in [-0.25, -0.2) is 18.7 Å². The number of aromatic nitrogens is 2. The zero-order valence-electron chi connectivity index (χ0n) is 26.0. The van der Waals surface area contributed by atoms with E-state index in [1.165, 1.54) is 31.4 Å². The molecule has 2 aromatic carbocycles. The Morgan fingerprint density at radius 3 is 2.12 bits per heavy atom. The van der Waals surface area contributed by atoms with E-state index in [1.54, 1.807) is 6.07 Å². The number of fused-ring (bicyclic) bond motifs is 3. The van der Waals surface area contributed by atoms with Crippen molar-refractivity contribution in [2.45, 2.75) is 44.4 Å². The molecular weight excluding hydrogens is 636 g/mol. The molecule has 3 aromatic rings. The molecule has 2 bridgehead atoms. The van der Waals surface area contributed by atoms with Gasteiger partial charge in [0.1, 0.15) is 24.3 Å². The Morgan fingerprint density at radius 1 is 0.979 bits per heavy atom. The molecule has 256 valence electrons. The van der Waals surface area contributed by atoms with E-state index >= 15 is 0 Å². The number of carboxylic acid groups (broad SMARTS) is 2. The van der Waals surface area contributed by atoms with Gasteiger partial charge in [0.25, 0.3) is 0 Å². The van der Waals surface area contributed by atoms with E-state index in [2.05, 4.69) is 27.2 Å². The van der Waals surface area contributed by atoms with Crippen molar-refractivity contribution in [1.82, 2.24) is 14.7 Å². The number of alkyl halides is 3. The van der Waals surface area contributed by atoms with Crippen LogP contribution in [0.5, 0.6) is 0 Å². The zero-order chi connectivity index (χ0) is 34.5. The Labute approximate surface area is 274 Å². The van der Waals surface area contributed by atoms with E-state index in [1.807, 2.05) is 29.0 Å². The number of nitriles is 1. The van der Waals surface area contributed by atoms with E-state index in [9.17, 15) is 27.6 Å². The lowest BCUT2D eigenvalue weighted by Crippen LogP contribution is -2.50. The van der Waals surface area contributed by atoms with E-state index < -0.39 is 23.9 Å². The molecule has 15 heteroatoms. The quantitative estimate of drug-likeness (QED) is 0.261. The van der Waals surface area contributed by atoms with E-state index in [0.717, 1.165) is 75.0 Å². The van der Waals surface area contributed by atoms with Gasteiger partial charge in [0.2, 0.25) is 0 Å². The van der Waals surface area contributed by atoms with Crippen LogP contribution in [0.1, 0.15) is 37.7 Å². The number of anilines is 2. The number of benzene rings is 2. The number of hydrogen-bond donors (Lipinski definition) is 3. The highest BCUT2D eigenvalue weighted by molar-refractivity contribution is 5.73. The van der Waals surface area contributed by atoms with E-state index in [0.29, 0.717) is 11.0 Å². The summed E-state index contributed by atoms with van der Waals surface area (Å²) in [4.78, 5) is 24.5. The third-order valence-corrected chi connectivity index (χ3v) is 9.20. The molecule has 0 aliphatic carbocycles. The largest absolute Gasteiger partial charge is 0.490 e. The lowest BCUT2D eigenvalue weighted by Gasteiger charge is -2.48. The molecule has 4 aliphatic heterocycles. The normalized spacial score (nSPS) is 20.8. The average molecular weight is 673 g/mol. The fraction of sp³-hybridized carbons (Fsp3) is 0.455. The summed E-state index contributed by atoms with van der Waals surface area (Å²) in [7, 11) is 0. The zero-order valence-corrected chi connectivity index (χ0v) is 26.0. The van der Waals surface area contributed by atoms with Crippen molar-refractivity contribution < 1.29 is 42.1 Å². The smallest absolute Gasteiger partial charge is 0.480 e. The van der Waals surface area contributed by atoms with Gasteiger partial charge in [-0.1, -0.05) is 6.07 Å². The van der Waals surface area contributed by atoms with Crippen LogP contribution in [0.4, 0.5) is 29.1 Å². The molecule has 5 heterocycles. The number of ether oxygens (including phenoxy) is 1. The average Bonchev–Trinajstić information content (AvgIpc) is 3.52. The molecule has 0 saturated carbocycles. The number of hydrogen-bond acceptors (Lipinski definition) is 8. The molecule has 0 radical (unpaired) electrons. The Bertz CT molecular complexity index is 1630. The topological polar surface area (TPSA) is 144 Å². The van der Waals surface area contributed by atoms with Crippen molar-refractivity contribution in [3.63, 3.8) is 0 Å². The highest BCUT2D eigenvalue weighted by atomic mass is 19.4. The molecule has 4 fully saturated rings. The van der Waals surface area contributed by atoms with Crippen LogP contribution >= 0.6 is 0 Å². The van der Waals surface area contributed by atoms with Crippen LogP contribution < -0.4 is 10.2 Å². The Balaban J connectivity index is 0.000000582. The van der Waals surface area contributed by atoms with Crippen molar-refractivity contribution in [2.24, 2.45) is 5.41 Å². The Hall–Kier alpha value is -4.68. The fourth-order valence-corrected chi connectivity index (χ4v) is 6.35. The molecule has 3 N–H and O–H groups in total. The summed E-state index contributed by atoms with van der Waals surface area (Å²) in [6, 6.07) is 16.7. The summed E-state index contributed by atoms with van der Waals surface area (Å²) in [6.07, 6.45) is 0.0117. The van der Waals surface area contributed by atoms with Crippen LogP contribution in [0.25, 0.3) is 16.9 Å². The number of halogens is 4. The minimum atomic E-state index is -5.08. The van der Waals surface area contributed by atoms with E-state index in [-0.39, 0.29) is 18.3 Å². The van der Waals surface area contributed by atoms with Crippen LogP contribution in [0, 0.1) is 22.6 Å². The highest BCUT2D eigenvalue weighted by Crippen LogP contribution is 2.40. The summed E-state index contributed by atoms with van der Waals surface area (Å²) in [5.41, 5.74) is 3.64. The number of rotatable bonds is 9. The summed E-state index contributed by atoms with van der Waals surface area (Å²) in [5.74, 6) is -3.50. The predicted octanol–water partition coefficient (Wildman–Crippen LogP) is 5.15. The molecule has 0 unspecified atom stereocenters. The molecule has 4 aliphatic rings. The molecule has 0 atom stereocenters. The first-order valence-corrected chi connectivity index (χ1v) is 15.6. The van der Waals surface area contributed by atoms with Crippen LogP contribution in [0.15, 0.2) is 48.5 Å². The SMILES string of the molecule is N#Cc1ccc(-c2cc(NCC34CCN(CC3)CC4)nn2-c2ccc(N3CCC(OCC(=O)O)CC3)cc2)cc1F.O=C(O)C(F)(F)F. The third kappa shape index (κ3) is 8.42. The van der Waals surface area contributed by atoms with Crippen molar-refractivity contribution >= 4 is 23.4 Å².